The molecule has 33 heavy (non-hydrogen) atoms. The molecular formula is C32H37F. The second-order valence-corrected chi connectivity index (χ2v) is 9.79. The molecule has 0 spiro atoms. The molecule has 172 valence electrons. The Hall–Kier alpha value is -2.59. The van der Waals surface area contributed by atoms with Gasteiger partial charge in [-0.1, -0.05) is 81.7 Å². The van der Waals surface area contributed by atoms with Gasteiger partial charge < -0.3 is 0 Å². The van der Waals surface area contributed by atoms with E-state index in [1.54, 1.807) is 0 Å². The third-order valence-corrected chi connectivity index (χ3v) is 7.47. The third-order valence-electron chi connectivity index (χ3n) is 7.47. The quantitative estimate of drug-likeness (QED) is 0.254. The third kappa shape index (κ3) is 6.05. The van der Waals surface area contributed by atoms with Crippen molar-refractivity contribution in [2.45, 2.75) is 84.0 Å². The fourth-order valence-electron chi connectivity index (χ4n) is 5.24. The molecule has 3 aromatic carbocycles. The summed E-state index contributed by atoms with van der Waals surface area (Å²) in [5, 5.41) is 1.66. The van der Waals surface area contributed by atoms with Crippen LogP contribution < -0.4 is 0 Å². The fraction of sp³-hybridized carbons (Fsp3) is 0.438. The van der Waals surface area contributed by atoms with E-state index in [0.717, 1.165) is 52.6 Å². The van der Waals surface area contributed by atoms with Crippen molar-refractivity contribution in [3.63, 3.8) is 0 Å². The monoisotopic (exact) mass is 440 g/mol. The Balaban J connectivity index is 1.44. The highest BCUT2D eigenvalue weighted by atomic mass is 19.1. The van der Waals surface area contributed by atoms with Crippen molar-refractivity contribution in [2.24, 2.45) is 5.92 Å². The normalized spacial score (nSPS) is 18.2. The van der Waals surface area contributed by atoms with Gasteiger partial charge in [0.25, 0.3) is 0 Å². The topological polar surface area (TPSA) is 0 Å². The van der Waals surface area contributed by atoms with E-state index in [9.17, 15) is 0 Å². The van der Waals surface area contributed by atoms with E-state index in [4.69, 9.17) is 0 Å². The maximum atomic E-state index is 15.3. The van der Waals surface area contributed by atoms with E-state index >= 15 is 4.39 Å². The van der Waals surface area contributed by atoms with E-state index in [0.29, 0.717) is 5.92 Å². The summed E-state index contributed by atoms with van der Waals surface area (Å²) in [4.78, 5) is 0. The van der Waals surface area contributed by atoms with Gasteiger partial charge in [0.05, 0.1) is 0 Å². The summed E-state index contributed by atoms with van der Waals surface area (Å²) in [6.45, 7) is 4.52. The van der Waals surface area contributed by atoms with Crippen LogP contribution in [0.25, 0.3) is 10.8 Å². The van der Waals surface area contributed by atoms with Crippen LogP contribution in [0.3, 0.4) is 0 Å². The van der Waals surface area contributed by atoms with Crippen LogP contribution in [0.15, 0.2) is 54.6 Å². The van der Waals surface area contributed by atoms with Crippen molar-refractivity contribution in [3.05, 3.63) is 82.7 Å². The molecule has 0 amide bonds. The minimum absolute atomic E-state index is 0.0264. The van der Waals surface area contributed by atoms with Crippen molar-refractivity contribution in [1.82, 2.24) is 0 Å². The average Bonchev–Trinajstić information content (AvgIpc) is 2.86. The first-order chi connectivity index (χ1) is 16.2. The summed E-state index contributed by atoms with van der Waals surface area (Å²) < 4.78 is 15.3. The summed E-state index contributed by atoms with van der Waals surface area (Å²) in [6, 6.07) is 18.6. The smallest absolute Gasteiger partial charge is 0.134 e. The maximum absolute atomic E-state index is 15.3. The molecule has 0 bridgehead atoms. The predicted octanol–water partition coefficient (Wildman–Crippen LogP) is 9.19. The van der Waals surface area contributed by atoms with Crippen molar-refractivity contribution >= 4 is 10.8 Å². The van der Waals surface area contributed by atoms with E-state index in [1.807, 2.05) is 24.3 Å². The summed E-state index contributed by atoms with van der Waals surface area (Å²) >= 11 is 0. The van der Waals surface area contributed by atoms with E-state index in [-0.39, 0.29) is 5.82 Å². The van der Waals surface area contributed by atoms with Crippen LogP contribution in [0.4, 0.5) is 4.39 Å². The Morgan fingerprint density at radius 3 is 2.24 bits per heavy atom. The first kappa shape index (κ1) is 23.6. The van der Waals surface area contributed by atoms with Gasteiger partial charge in [0, 0.05) is 16.5 Å². The lowest BCUT2D eigenvalue weighted by Gasteiger charge is -2.28. The van der Waals surface area contributed by atoms with Gasteiger partial charge in [0.15, 0.2) is 0 Å². The molecule has 0 saturated heterocycles. The molecule has 0 nitrogen and oxygen atoms in total. The molecule has 0 aromatic heterocycles. The minimum atomic E-state index is -0.0264. The highest BCUT2D eigenvalue weighted by molar-refractivity contribution is 5.85. The van der Waals surface area contributed by atoms with E-state index in [1.165, 1.54) is 50.5 Å². The molecule has 0 radical (unpaired) electrons. The zero-order chi connectivity index (χ0) is 23.0. The first-order valence-corrected chi connectivity index (χ1v) is 13.0. The molecule has 0 unspecified atom stereocenters. The SMILES string of the molecule is CCCCCCc1ccc(C#Cc2ccc3c(F)c(C4CCC(CC)CC4)ccc3c2)cc1. The minimum Gasteiger partial charge on any atom is -0.206 e. The lowest BCUT2D eigenvalue weighted by atomic mass is 9.77. The summed E-state index contributed by atoms with van der Waals surface area (Å²) in [6.07, 6.45) is 12.2. The largest absolute Gasteiger partial charge is 0.206 e. The molecule has 1 fully saturated rings. The molecule has 0 heterocycles. The molecule has 0 N–H and O–H groups in total. The van der Waals surface area contributed by atoms with Crippen LogP contribution in [0, 0.1) is 23.6 Å². The lowest BCUT2D eigenvalue weighted by molar-refractivity contribution is 0.315. The summed E-state index contributed by atoms with van der Waals surface area (Å²) in [5.74, 6) is 7.71. The van der Waals surface area contributed by atoms with Crippen LogP contribution >= 0.6 is 0 Å². The zero-order valence-electron chi connectivity index (χ0n) is 20.3. The van der Waals surface area contributed by atoms with Crippen LogP contribution in [0.5, 0.6) is 0 Å². The average molecular weight is 441 g/mol. The number of hydrogen-bond donors (Lipinski definition) is 0. The number of halogens is 1. The van der Waals surface area contributed by atoms with Gasteiger partial charge in [-0.2, -0.15) is 0 Å². The Labute approximate surface area is 199 Å². The van der Waals surface area contributed by atoms with Crippen molar-refractivity contribution < 1.29 is 4.39 Å². The number of rotatable bonds is 7. The Morgan fingerprint density at radius 2 is 1.52 bits per heavy atom. The molecule has 0 aliphatic heterocycles. The van der Waals surface area contributed by atoms with Crippen molar-refractivity contribution in [2.75, 3.05) is 0 Å². The van der Waals surface area contributed by atoms with Gasteiger partial charge in [0.1, 0.15) is 5.82 Å². The lowest BCUT2D eigenvalue weighted by Crippen LogP contribution is -2.13. The van der Waals surface area contributed by atoms with E-state index in [2.05, 4.69) is 56.0 Å². The Bertz CT molecular complexity index is 1100. The highest BCUT2D eigenvalue weighted by Gasteiger charge is 2.24. The van der Waals surface area contributed by atoms with E-state index < -0.39 is 0 Å². The molecular weight excluding hydrogens is 403 g/mol. The molecule has 3 aromatic rings. The highest BCUT2D eigenvalue weighted by Crippen LogP contribution is 2.39. The molecule has 1 aliphatic rings. The Kier molecular flexibility index (Phi) is 8.22. The zero-order valence-corrected chi connectivity index (χ0v) is 20.3. The van der Waals surface area contributed by atoms with Crippen molar-refractivity contribution in [1.29, 1.82) is 0 Å². The molecule has 1 aliphatic carbocycles. The molecule has 1 saturated carbocycles. The van der Waals surface area contributed by atoms with Gasteiger partial charge in [0.2, 0.25) is 0 Å². The summed E-state index contributed by atoms with van der Waals surface area (Å²) in [5.41, 5.74) is 4.25. The predicted molar refractivity (Wildman–Crippen MR) is 139 cm³/mol. The molecule has 0 atom stereocenters. The fourth-order valence-corrected chi connectivity index (χ4v) is 5.24. The molecule has 1 heteroatoms. The number of aryl methyl sites for hydroxylation is 1. The van der Waals surface area contributed by atoms with Crippen LogP contribution in [0.1, 0.15) is 99.8 Å². The van der Waals surface area contributed by atoms with Crippen molar-refractivity contribution in [3.8, 4) is 11.8 Å². The standard InChI is InChI=1S/C32H37F/c1-3-5-6-7-8-25-9-11-26(12-10-25)13-14-27-17-21-31-29(23-27)20-22-30(32(31)33)28-18-15-24(4-2)16-19-28/h9-12,17,20-24,28H,3-8,15-16,18-19H2,1-2H3. The second-order valence-electron chi connectivity index (χ2n) is 9.79. The summed E-state index contributed by atoms with van der Waals surface area (Å²) in [7, 11) is 0. The van der Waals surface area contributed by atoms with Gasteiger partial charge in [-0.3, -0.25) is 0 Å². The number of benzene rings is 3. The first-order valence-electron chi connectivity index (χ1n) is 13.0. The Morgan fingerprint density at radius 1 is 0.788 bits per heavy atom. The van der Waals surface area contributed by atoms with Crippen LogP contribution in [-0.4, -0.2) is 0 Å². The maximum Gasteiger partial charge on any atom is 0.134 e. The second kappa shape index (κ2) is 11.5. The van der Waals surface area contributed by atoms with Gasteiger partial charge in [-0.05, 0) is 91.1 Å². The van der Waals surface area contributed by atoms with Crippen LogP contribution in [-0.2, 0) is 6.42 Å². The van der Waals surface area contributed by atoms with Gasteiger partial charge in [-0.25, -0.2) is 4.39 Å². The van der Waals surface area contributed by atoms with Gasteiger partial charge in [-0.15, -0.1) is 0 Å². The number of hydrogen-bond acceptors (Lipinski definition) is 0. The van der Waals surface area contributed by atoms with Gasteiger partial charge >= 0.3 is 0 Å². The molecule has 4 rings (SSSR count). The van der Waals surface area contributed by atoms with Crippen LogP contribution in [0.2, 0.25) is 0 Å². The number of unbranched alkanes of at least 4 members (excludes halogenated alkanes) is 3. The number of fused-ring (bicyclic) bond motifs is 1.